The molecule has 2 aliphatic rings. The Labute approximate surface area is 246 Å². The van der Waals surface area contributed by atoms with Crippen molar-refractivity contribution in [2.75, 3.05) is 46.9 Å². The van der Waals surface area contributed by atoms with E-state index in [0.717, 1.165) is 13.0 Å². The van der Waals surface area contributed by atoms with Crippen LogP contribution in [-0.4, -0.2) is 74.2 Å². The molecule has 220 valence electrons. The van der Waals surface area contributed by atoms with E-state index in [2.05, 4.69) is 4.90 Å². The maximum Gasteiger partial charge on any atom is 0.222 e. The molecule has 0 saturated carbocycles. The third-order valence-electron chi connectivity index (χ3n) is 8.69. The Bertz CT molecular complexity index is 1400. The van der Waals surface area contributed by atoms with Crippen LogP contribution in [-0.2, 0) is 4.79 Å². The first-order valence-corrected chi connectivity index (χ1v) is 14.4. The molecule has 5 rings (SSSR count). The minimum absolute atomic E-state index is 0.132. The molecular weight excluding hydrogens is 535 g/mol. The quantitative estimate of drug-likeness (QED) is 0.312. The molecule has 8 heteroatoms. The van der Waals surface area contributed by atoms with E-state index in [1.165, 1.54) is 6.07 Å². The normalized spacial score (nSPS) is 19.6. The number of rotatable bonds is 10. The molecule has 0 spiro atoms. The SMILES string of the molecule is COc1cccc(C(=O)[C@H]2CN(CCN3CCCC3=O)C[C@H](C(=O)c3cccc(OC)c3)C2c2cccc(F)c2C)c1. The first-order chi connectivity index (χ1) is 20.3. The number of methoxy groups -OCH3 is 2. The van der Waals surface area contributed by atoms with Gasteiger partial charge in [-0.25, -0.2) is 4.39 Å². The van der Waals surface area contributed by atoms with E-state index in [-0.39, 0.29) is 23.3 Å². The van der Waals surface area contributed by atoms with E-state index in [4.69, 9.17) is 9.47 Å². The molecule has 7 nitrogen and oxygen atoms in total. The van der Waals surface area contributed by atoms with Crippen LogP contribution in [0.3, 0.4) is 0 Å². The molecule has 0 aromatic heterocycles. The van der Waals surface area contributed by atoms with Gasteiger partial charge in [0, 0.05) is 68.0 Å². The number of halogens is 1. The van der Waals surface area contributed by atoms with Crippen molar-refractivity contribution in [1.82, 2.24) is 9.80 Å². The first kappa shape index (κ1) is 29.5. The number of ether oxygens (including phenoxy) is 2. The summed E-state index contributed by atoms with van der Waals surface area (Å²) < 4.78 is 25.8. The molecule has 2 heterocycles. The molecule has 2 atom stereocenters. The Morgan fingerprint density at radius 1 is 0.857 bits per heavy atom. The van der Waals surface area contributed by atoms with Gasteiger partial charge in [-0.3, -0.25) is 14.4 Å². The summed E-state index contributed by atoms with van der Waals surface area (Å²) in [4.78, 5) is 45.0. The smallest absolute Gasteiger partial charge is 0.222 e. The summed E-state index contributed by atoms with van der Waals surface area (Å²) in [5.41, 5.74) is 2.04. The molecule has 3 aromatic carbocycles. The summed E-state index contributed by atoms with van der Waals surface area (Å²) in [7, 11) is 3.10. The zero-order chi connectivity index (χ0) is 29.8. The molecular formula is C34H37FN2O5. The van der Waals surface area contributed by atoms with Crippen molar-refractivity contribution < 1.29 is 28.2 Å². The topological polar surface area (TPSA) is 76.2 Å². The lowest BCUT2D eigenvalue weighted by molar-refractivity contribution is -0.127. The molecule has 0 aliphatic carbocycles. The number of nitrogens with zero attached hydrogens (tertiary/aromatic N) is 2. The molecule has 1 amide bonds. The van der Waals surface area contributed by atoms with E-state index < -0.39 is 17.8 Å². The second kappa shape index (κ2) is 12.9. The molecule has 2 aliphatic heterocycles. The highest BCUT2D eigenvalue weighted by molar-refractivity contribution is 6.02. The maximum atomic E-state index is 15.0. The minimum atomic E-state index is -0.639. The van der Waals surface area contributed by atoms with Gasteiger partial charge in [0.25, 0.3) is 0 Å². The molecule has 0 unspecified atom stereocenters. The second-order valence-electron chi connectivity index (χ2n) is 11.1. The molecule has 2 fully saturated rings. The number of ketones is 2. The highest BCUT2D eigenvalue weighted by atomic mass is 19.1. The van der Waals surface area contributed by atoms with Crippen LogP contribution in [0.15, 0.2) is 66.7 Å². The van der Waals surface area contributed by atoms with Crippen LogP contribution in [0, 0.1) is 24.6 Å². The average molecular weight is 573 g/mol. The molecule has 3 aromatic rings. The van der Waals surface area contributed by atoms with Crippen molar-refractivity contribution >= 4 is 17.5 Å². The van der Waals surface area contributed by atoms with Gasteiger partial charge in [-0.05, 0) is 54.8 Å². The van der Waals surface area contributed by atoms with Crippen molar-refractivity contribution in [1.29, 1.82) is 0 Å². The Hall–Kier alpha value is -4.04. The number of hydrogen-bond donors (Lipinski definition) is 0. The summed E-state index contributed by atoms with van der Waals surface area (Å²) >= 11 is 0. The summed E-state index contributed by atoms with van der Waals surface area (Å²) in [5.74, 6) is -1.23. The number of likely N-dealkylation sites (tertiary alicyclic amines) is 2. The number of hydrogen-bond acceptors (Lipinski definition) is 6. The van der Waals surface area contributed by atoms with Gasteiger partial charge < -0.3 is 19.3 Å². The Balaban J connectivity index is 1.59. The van der Waals surface area contributed by atoms with Gasteiger partial charge >= 0.3 is 0 Å². The largest absolute Gasteiger partial charge is 0.497 e. The lowest BCUT2D eigenvalue weighted by atomic mass is 9.67. The van der Waals surface area contributed by atoms with Gasteiger partial charge in [-0.1, -0.05) is 36.4 Å². The van der Waals surface area contributed by atoms with Crippen LogP contribution >= 0.6 is 0 Å². The monoisotopic (exact) mass is 572 g/mol. The molecule has 0 radical (unpaired) electrons. The molecule has 42 heavy (non-hydrogen) atoms. The van der Waals surface area contributed by atoms with Gasteiger partial charge in [0.1, 0.15) is 17.3 Å². The third kappa shape index (κ3) is 6.09. The Morgan fingerprint density at radius 2 is 1.43 bits per heavy atom. The van der Waals surface area contributed by atoms with Crippen LogP contribution in [0.4, 0.5) is 4.39 Å². The predicted molar refractivity (Wildman–Crippen MR) is 158 cm³/mol. The van der Waals surface area contributed by atoms with Crippen LogP contribution in [0.1, 0.15) is 50.6 Å². The lowest BCUT2D eigenvalue weighted by Gasteiger charge is -2.44. The second-order valence-corrected chi connectivity index (χ2v) is 11.1. The highest BCUT2D eigenvalue weighted by Crippen LogP contribution is 2.42. The Kier molecular flexibility index (Phi) is 9.02. The molecule has 2 saturated heterocycles. The lowest BCUT2D eigenvalue weighted by Crippen LogP contribution is -2.52. The van der Waals surface area contributed by atoms with E-state index in [1.807, 2.05) is 11.0 Å². The van der Waals surface area contributed by atoms with Gasteiger partial charge in [-0.15, -0.1) is 0 Å². The van der Waals surface area contributed by atoms with E-state index in [1.54, 1.807) is 75.7 Å². The number of piperidine rings is 1. The standard InChI is InChI=1S/C34H37FN2O5/c1-22-27(12-6-13-30(22)35)32-28(33(39)23-8-4-10-25(18-23)41-2)20-36(16-17-37-15-7-14-31(37)38)21-29(32)34(40)24-9-5-11-26(19-24)42-3/h4-6,8-13,18-19,28-29,32H,7,14-17,20-21H2,1-3H3/t28-,29-/m0/s1. The third-order valence-corrected chi connectivity index (χ3v) is 8.69. The van der Waals surface area contributed by atoms with Crippen molar-refractivity contribution in [3.05, 3.63) is 94.8 Å². The van der Waals surface area contributed by atoms with Gasteiger partial charge in [0.15, 0.2) is 11.6 Å². The maximum absolute atomic E-state index is 15.0. The fraction of sp³-hybridized carbons (Fsp3) is 0.382. The van der Waals surface area contributed by atoms with Crippen LogP contribution in [0.2, 0.25) is 0 Å². The molecule has 0 bridgehead atoms. The number of benzene rings is 3. The molecule has 0 N–H and O–H groups in total. The zero-order valence-electron chi connectivity index (χ0n) is 24.3. The fourth-order valence-electron chi connectivity index (χ4n) is 6.42. The van der Waals surface area contributed by atoms with E-state index >= 15 is 0 Å². The van der Waals surface area contributed by atoms with E-state index in [9.17, 15) is 18.8 Å². The predicted octanol–water partition coefficient (Wildman–Crippen LogP) is 5.17. The van der Waals surface area contributed by atoms with Crippen LogP contribution in [0.5, 0.6) is 11.5 Å². The number of carbonyl (C=O) groups excluding carboxylic acids is 3. The summed E-state index contributed by atoms with van der Waals surface area (Å²) in [6.45, 7) is 4.24. The minimum Gasteiger partial charge on any atom is -0.497 e. The van der Waals surface area contributed by atoms with Crippen molar-refractivity contribution in [3.8, 4) is 11.5 Å². The number of amides is 1. The van der Waals surface area contributed by atoms with Gasteiger partial charge in [0.05, 0.1) is 14.2 Å². The average Bonchev–Trinajstić information content (AvgIpc) is 3.44. The summed E-state index contributed by atoms with van der Waals surface area (Å²) in [6, 6.07) is 18.9. The number of Topliss-reactive ketones (excluding diaryl/α,β-unsaturated/α-hetero) is 2. The number of carbonyl (C=O) groups is 3. The van der Waals surface area contributed by atoms with Crippen LogP contribution in [0.25, 0.3) is 0 Å². The van der Waals surface area contributed by atoms with Crippen molar-refractivity contribution in [3.63, 3.8) is 0 Å². The first-order valence-electron chi connectivity index (χ1n) is 14.4. The fourth-order valence-corrected chi connectivity index (χ4v) is 6.42. The van der Waals surface area contributed by atoms with Crippen molar-refractivity contribution in [2.24, 2.45) is 11.8 Å². The van der Waals surface area contributed by atoms with Crippen LogP contribution < -0.4 is 9.47 Å². The van der Waals surface area contributed by atoms with Gasteiger partial charge in [-0.2, -0.15) is 0 Å². The van der Waals surface area contributed by atoms with Gasteiger partial charge in [0.2, 0.25) is 5.91 Å². The summed E-state index contributed by atoms with van der Waals surface area (Å²) in [5, 5.41) is 0. The highest BCUT2D eigenvalue weighted by Gasteiger charge is 2.45. The Morgan fingerprint density at radius 3 is 1.95 bits per heavy atom. The zero-order valence-corrected chi connectivity index (χ0v) is 24.3. The summed E-state index contributed by atoms with van der Waals surface area (Å²) in [6.07, 6.45) is 1.39. The van der Waals surface area contributed by atoms with Crippen molar-refractivity contribution in [2.45, 2.75) is 25.7 Å². The van der Waals surface area contributed by atoms with E-state index in [0.29, 0.717) is 66.4 Å².